The Morgan fingerprint density at radius 1 is 1.37 bits per heavy atom. The van der Waals surface area contributed by atoms with Gasteiger partial charge in [0.25, 0.3) is 0 Å². The van der Waals surface area contributed by atoms with Gasteiger partial charge in [-0.3, -0.25) is 9.69 Å². The number of carbonyl (C=O) groups is 1. The van der Waals surface area contributed by atoms with Crippen molar-refractivity contribution in [2.24, 2.45) is 0 Å². The molecule has 0 bridgehead atoms. The maximum atomic E-state index is 11.7. The van der Waals surface area contributed by atoms with Gasteiger partial charge < -0.3 is 26.1 Å². The molecule has 2 unspecified atom stereocenters. The number of nitriles is 1. The summed E-state index contributed by atoms with van der Waals surface area (Å²) in [4.78, 5) is 24.0. The van der Waals surface area contributed by atoms with Gasteiger partial charge in [-0.1, -0.05) is 11.6 Å². The quantitative estimate of drug-likeness (QED) is 0.536. The van der Waals surface area contributed by atoms with Crippen molar-refractivity contribution in [3.8, 4) is 11.8 Å². The van der Waals surface area contributed by atoms with Crippen LogP contribution in [0.25, 0.3) is 0 Å². The largest absolute Gasteiger partial charge is 0.489 e. The van der Waals surface area contributed by atoms with Gasteiger partial charge in [0.05, 0.1) is 22.2 Å². The van der Waals surface area contributed by atoms with Crippen LogP contribution in [0.15, 0.2) is 12.4 Å². The van der Waals surface area contributed by atoms with Crippen LogP contribution in [-0.2, 0) is 11.3 Å². The van der Waals surface area contributed by atoms with Crippen LogP contribution < -0.4 is 15.8 Å². The van der Waals surface area contributed by atoms with Crippen LogP contribution in [0.2, 0.25) is 5.02 Å². The van der Waals surface area contributed by atoms with Crippen molar-refractivity contribution in [3.63, 3.8) is 0 Å². The predicted molar refractivity (Wildman–Crippen MR) is 134 cm³/mol. The zero-order valence-electron chi connectivity index (χ0n) is 20.2. The van der Waals surface area contributed by atoms with Crippen molar-refractivity contribution in [3.05, 3.63) is 39.7 Å². The molecule has 1 amide bonds. The Labute approximate surface area is 209 Å². The second-order valence-corrected chi connectivity index (χ2v) is 9.56. The summed E-state index contributed by atoms with van der Waals surface area (Å²) >= 11 is 6.59. The van der Waals surface area contributed by atoms with Crippen LogP contribution in [0, 0.1) is 16.7 Å². The van der Waals surface area contributed by atoms with Crippen molar-refractivity contribution in [2.45, 2.75) is 52.4 Å². The standard InChI is InChI=1S/C24H29ClN8O2/c1-12-7-33(16-8-32(9-16)15(4)34)10-19-18(6-26)20(25)5-17(22(19)35-12)14(3)31-24-21(13(2)27)23(28)29-11-30-24/h5,11-12,14,16,27H,7-10H2,1-4H3,(H3,28,29,30,31). The highest BCUT2D eigenvalue weighted by Gasteiger charge is 2.37. The van der Waals surface area contributed by atoms with Crippen molar-refractivity contribution in [1.82, 2.24) is 19.8 Å². The molecule has 2 atom stereocenters. The number of benzene rings is 1. The smallest absolute Gasteiger partial charge is 0.219 e. The Morgan fingerprint density at radius 2 is 2.09 bits per heavy atom. The number of halogens is 1. The second-order valence-electron chi connectivity index (χ2n) is 9.15. The number of anilines is 2. The lowest BCUT2D eigenvalue weighted by Crippen LogP contribution is -2.61. The average molecular weight is 497 g/mol. The molecule has 2 aromatic rings. The number of hydrogen-bond acceptors (Lipinski definition) is 9. The van der Waals surface area contributed by atoms with Gasteiger partial charge in [-0.2, -0.15) is 5.26 Å². The number of hydrogen-bond donors (Lipinski definition) is 3. The van der Waals surface area contributed by atoms with E-state index in [0.717, 1.165) is 11.1 Å². The number of fused-ring (bicyclic) bond motifs is 1. The minimum atomic E-state index is -0.322. The summed E-state index contributed by atoms with van der Waals surface area (Å²) in [6.07, 6.45) is 1.21. The lowest BCUT2D eigenvalue weighted by molar-refractivity contribution is -0.136. The number of nitrogens with two attached hydrogens (primary N) is 1. The van der Waals surface area contributed by atoms with Crippen molar-refractivity contribution < 1.29 is 9.53 Å². The first kappa shape index (κ1) is 24.7. The fourth-order valence-corrected chi connectivity index (χ4v) is 4.93. The summed E-state index contributed by atoms with van der Waals surface area (Å²) in [6, 6.07) is 3.87. The topological polar surface area (TPSA) is 144 Å². The molecule has 0 saturated carbocycles. The number of rotatable bonds is 5. The van der Waals surface area contributed by atoms with Crippen LogP contribution in [0.5, 0.6) is 5.75 Å². The normalized spacial score (nSPS) is 19.0. The molecular formula is C24H29ClN8O2. The predicted octanol–water partition coefficient (Wildman–Crippen LogP) is 2.96. The van der Waals surface area contributed by atoms with E-state index in [1.165, 1.54) is 6.33 Å². The van der Waals surface area contributed by atoms with Crippen molar-refractivity contribution >= 4 is 34.9 Å². The van der Waals surface area contributed by atoms with E-state index in [2.05, 4.69) is 26.3 Å². The van der Waals surface area contributed by atoms with Crippen LogP contribution in [0.1, 0.15) is 56.0 Å². The molecule has 1 aromatic carbocycles. The maximum absolute atomic E-state index is 11.7. The molecule has 35 heavy (non-hydrogen) atoms. The van der Waals surface area contributed by atoms with E-state index in [1.807, 2.05) is 13.8 Å². The summed E-state index contributed by atoms with van der Waals surface area (Å²) < 4.78 is 6.40. The highest BCUT2D eigenvalue weighted by atomic mass is 35.5. The highest BCUT2D eigenvalue weighted by molar-refractivity contribution is 6.32. The third kappa shape index (κ3) is 4.74. The highest BCUT2D eigenvalue weighted by Crippen LogP contribution is 2.40. The fraction of sp³-hybridized carbons (Fsp3) is 0.458. The summed E-state index contributed by atoms with van der Waals surface area (Å²) in [7, 11) is 0. The molecule has 1 fully saturated rings. The lowest BCUT2D eigenvalue weighted by Gasteiger charge is -2.45. The number of nitrogen functional groups attached to an aromatic ring is 1. The molecular weight excluding hydrogens is 468 g/mol. The Bertz CT molecular complexity index is 1220. The van der Waals surface area contributed by atoms with Gasteiger partial charge in [0.1, 0.15) is 35.9 Å². The number of aromatic nitrogens is 2. The Balaban J connectivity index is 1.71. The average Bonchev–Trinajstić information content (AvgIpc) is 2.90. The minimum absolute atomic E-state index is 0.0635. The molecule has 3 heterocycles. The first-order valence-electron chi connectivity index (χ1n) is 11.4. The zero-order valence-corrected chi connectivity index (χ0v) is 21.0. The number of ether oxygens (including phenoxy) is 1. The first-order chi connectivity index (χ1) is 16.6. The van der Waals surface area contributed by atoms with Crippen LogP contribution in [0.3, 0.4) is 0 Å². The van der Waals surface area contributed by atoms with E-state index < -0.39 is 0 Å². The van der Waals surface area contributed by atoms with Crippen LogP contribution in [0.4, 0.5) is 11.6 Å². The van der Waals surface area contributed by atoms with E-state index in [4.69, 9.17) is 27.5 Å². The van der Waals surface area contributed by atoms with Gasteiger partial charge in [-0.15, -0.1) is 0 Å². The van der Waals surface area contributed by atoms with Gasteiger partial charge >= 0.3 is 0 Å². The maximum Gasteiger partial charge on any atom is 0.219 e. The monoisotopic (exact) mass is 496 g/mol. The molecule has 11 heteroatoms. The van der Waals surface area contributed by atoms with Gasteiger partial charge in [-0.25, -0.2) is 9.97 Å². The number of amides is 1. The Kier molecular flexibility index (Phi) is 6.83. The molecule has 10 nitrogen and oxygen atoms in total. The molecule has 4 N–H and O–H groups in total. The molecule has 4 rings (SSSR count). The Hall–Kier alpha value is -3.42. The second kappa shape index (κ2) is 9.68. The van der Waals surface area contributed by atoms with Crippen molar-refractivity contribution in [2.75, 3.05) is 30.7 Å². The lowest BCUT2D eigenvalue weighted by atomic mass is 9.97. The molecule has 1 saturated heterocycles. The fourth-order valence-electron chi connectivity index (χ4n) is 4.66. The Morgan fingerprint density at radius 3 is 2.71 bits per heavy atom. The number of nitrogens with zero attached hydrogens (tertiary/aromatic N) is 5. The van der Waals surface area contributed by atoms with Gasteiger partial charge in [0, 0.05) is 56.0 Å². The minimum Gasteiger partial charge on any atom is -0.489 e. The molecule has 184 valence electrons. The third-order valence-corrected chi connectivity index (χ3v) is 6.84. The van der Waals surface area contributed by atoms with Crippen LogP contribution in [-0.4, -0.2) is 63.2 Å². The SMILES string of the molecule is CC(=N)c1c(N)ncnc1NC(C)c1cc(Cl)c(C#N)c2c1OC(C)CN(C1CN(C(C)=O)C1)C2. The van der Waals surface area contributed by atoms with Gasteiger partial charge in [0.15, 0.2) is 0 Å². The summed E-state index contributed by atoms with van der Waals surface area (Å²) in [5.74, 6) is 1.35. The summed E-state index contributed by atoms with van der Waals surface area (Å²) in [6.45, 7) is 9.60. The third-order valence-electron chi connectivity index (χ3n) is 6.54. The van der Waals surface area contributed by atoms with Gasteiger partial charge in [-0.05, 0) is 26.8 Å². The van der Waals surface area contributed by atoms with E-state index >= 15 is 0 Å². The summed E-state index contributed by atoms with van der Waals surface area (Å²) in [5, 5.41) is 21.6. The molecule has 0 spiro atoms. The van der Waals surface area contributed by atoms with E-state index in [-0.39, 0.29) is 35.6 Å². The van der Waals surface area contributed by atoms with Crippen molar-refractivity contribution in [1.29, 1.82) is 10.7 Å². The number of likely N-dealkylation sites (tertiary alicyclic amines) is 1. The number of carbonyl (C=O) groups excluding carboxylic acids is 1. The molecule has 2 aliphatic heterocycles. The van der Waals surface area contributed by atoms with E-state index in [0.29, 0.717) is 53.9 Å². The molecule has 0 aliphatic carbocycles. The van der Waals surface area contributed by atoms with E-state index in [9.17, 15) is 10.1 Å². The summed E-state index contributed by atoms with van der Waals surface area (Å²) in [5.41, 5.74) is 8.58. The van der Waals surface area contributed by atoms with E-state index in [1.54, 1.807) is 24.8 Å². The first-order valence-corrected chi connectivity index (χ1v) is 11.8. The van der Waals surface area contributed by atoms with Crippen LogP contribution >= 0.6 is 11.6 Å². The molecule has 2 aliphatic rings. The van der Waals surface area contributed by atoms with Gasteiger partial charge in [0.2, 0.25) is 5.91 Å². The number of nitrogens with one attached hydrogen (secondary N) is 2. The molecule has 1 aromatic heterocycles. The molecule has 0 radical (unpaired) electrons. The zero-order chi connectivity index (χ0) is 25.4.